The second-order valence-electron chi connectivity index (χ2n) is 3.10. The van der Waals surface area contributed by atoms with E-state index in [2.05, 4.69) is 30.4 Å². The molecule has 68 valence electrons. The van der Waals surface area contributed by atoms with E-state index in [1.54, 1.807) is 0 Å². The Morgan fingerprint density at radius 1 is 1.38 bits per heavy atom. The van der Waals surface area contributed by atoms with Gasteiger partial charge in [0.25, 0.3) is 0 Å². The number of nitrogens with zero attached hydrogens (tertiary/aromatic N) is 1. The fourth-order valence-electron chi connectivity index (χ4n) is 1.24. The summed E-state index contributed by atoms with van der Waals surface area (Å²) in [5.41, 5.74) is 1.31. The molecule has 13 heavy (non-hydrogen) atoms. The lowest BCUT2D eigenvalue weighted by Crippen LogP contribution is -2.20. The molecule has 0 saturated carbocycles. The van der Waals surface area contributed by atoms with Crippen molar-refractivity contribution in [1.82, 2.24) is 5.32 Å². The van der Waals surface area contributed by atoms with Crippen LogP contribution in [0.3, 0.4) is 0 Å². The molecule has 0 saturated heterocycles. The predicted octanol–water partition coefficient (Wildman–Crippen LogP) is 1.90. The molecule has 1 rings (SSSR count). The van der Waals surface area contributed by atoms with E-state index in [1.165, 1.54) is 5.56 Å². The summed E-state index contributed by atoms with van der Waals surface area (Å²) in [6, 6.07) is 12.4. The quantitative estimate of drug-likeness (QED) is 0.559. The Morgan fingerprint density at radius 2 is 2.08 bits per heavy atom. The Balaban J connectivity index is 2.41. The third-order valence-electron chi connectivity index (χ3n) is 2.02. The van der Waals surface area contributed by atoms with E-state index >= 15 is 0 Å². The van der Waals surface area contributed by atoms with Gasteiger partial charge in [0.05, 0.1) is 12.6 Å². The number of nitriles is 1. The van der Waals surface area contributed by atoms with Gasteiger partial charge in [-0.05, 0) is 11.5 Å². The summed E-state index contributed by atoms with van der Waals surface area (Å²) in [6.07, 6.45) is 0. The summed E-state index contributed by atoms with van der Waals surface area (Å²) < 4.78 is 0. The zero-order valence-corrected chi connectivity index (χ0v) is 7.83. The molecule has 0 radical (unpaired) electrons. The molecule has 1 aromatic carbocycles. The average Bonchev–Trinajstić information content (AvgIpc) is 2.19. The normalized spacial score (nSPS) is 12.0. The van der Waals surface area contributed by atoms with Gasteiger partial charge < -0.3 is 5.32 Å². The zero-order valence-electron chi connectivity index (χ0n) is 7.83. The molecule has 1 unspecified atom stereocenters. The largest absolute Gasteiger partial charge is 0.304 e. The minimum absolute atomic E-state index is 0.428. The summed E-state index contributed by atoms with van der Waals surface area (Å²) in [5.74, 6) is 0.467. The van der Waals surface area contributed by atoms with E-state index in [-0.39, 0.29) is 0 Å². The van der Waals surface area contributed by atoms with Gasteiger partial charge in [0.1, 0.15) is 0 Å². The van der Waals surface area contributed by atoms with Gasteiger partial charge in [-0.25, -0.2) is 0 Å². The molecular weight excluding hydrogens is 160 g/mol. The summed E-state index contributed by atoms with van der Waals surface area (Å²) in [7, 11) is 0. The highest BCUT2D eigenvalue weighted by atomic mass is 14.8. The lowest BCUT2D eigenvalue weighted by Gasteiger charge is -2.10. The maximum atomic E-state index is 8.34. The van der Waals surface area contributed by atoms with Gasteiger partial charge in [-0.1, -0.05) is 37.3 Å². The van der Waals surface area contributed by atoms with Gasteiger partial charge in [-0.15, -0.1) is 0 Å². The standard InChI is InChI=1S/C11H14N2/c1-10(9-13-8-7-12)11-5-3-2-4-6-11/h2-6,10,13H,8-9H2,1H3. The van der Waals surface area contributed by atoms with Gasteiger partial charge in [0, 0.05) is 6.54 Å². The van der Waals surface area contributed by atoms with Crippen molar-refractivity contribution in [1.29, 1.82) is 5.26 Å². The van der Waals surface area contributed by atoms with Gasteiger partial charge in [-0.3, -0.25) is 0 Å². The summed E-state index contributed by atoms with van der Waals surface area (Å²) >= 11 is 0. The highest BCUT2D eigenvalue weighted by Crippen LogP contribution is 2.12. The van der Waals surface area contributed by atoms with Crippen LogP contribution in [0.25, 0.3) is 0 Å². The first-order valence-electron chi connectivity index (χ1n) is 4.47. The molecule has 1 N–H and O–H groups in total. The van der Waals surface area contributed by atoms with Crippen molar-refractivity contribution in [2.45, 2.75) is 12.8 Å². The van der Waals surface area contributed by atoms with Gasteiger partial charge in [0.2, 0.25) is 0 Å². The Hall–Kier alpha value is -1.33. The average molecular weight is 174 g/mol. The zero-order chi connectivity index (χ0) is 9.52. The van der Waals surface area contributed by atoms with Crippen molar-refractivity contribution in [3.8, 4) is 6.07 Å². The van der Waals surface area contributed by atoms with Crippen LogP contribution in [0.1, 0.15) is 18.4 Å². The van der Waals surface area contributed by atoms with Gasteiger partial charge in [0.15, 0.2) is 0 Å². The highest BCUT2D eigenvalue weighted by Gasteiger charge is 2.02. The Morgan fingerprint density at radius 3 is 2.69 bits per heavy atom. The monoisotopic (exact) mass is 174 g/mol. The van der Waals surface area contributed by atoms with E-state index in [4.69, 9.17) is 5.26 Å². The van der Waals surface area contributed by atoms with Crippen LogP contribution >= 0.6 is 0 Å². The number of nitrogens with one attached hydrogen (secondary N) is 1. The van der Waals surface area contributed by atoms with Crippen LogP contribution in [-0.4, -0.2) is 13.1 Å². The lowest BCUT2D eigenvalue weighted by atomic mass is 10.0. The smallest absolute Gasteiger partial charge is 0.0841 e. The number of hydrogen-bond acceptors (Lipinski definition) is 2. The second-order valence-corrected chi connectivity index (χ2v) is 3.10. The van der Waals surface area contributed by atoms with E-state index in [0.29, 0.717) is 12.5 Å². The molecule has 2 nitrogen and oxygen atoms in total. The van der Waals surface area contributed by atoms with Crippen LogP contribution in [0.2, 0.25) is 0 Å². The first-order valence-corrected chi connectivity index (χ1v) is 4.47. The van der Waals surface area contributed by atoms with E-state index < -0.39 is 0 Å². The molecule has 1 aromatic rings. The Labute approximate surface area is 79.2 Å². The number of rotatable bonds is 4. The van der Waals surface area contributed by atoms with Crippen molar-refractivity contribution in [2.75, 3.05) is 13.1 Å². The third-order valence-corrected chi connectivity index (χ3v) is 2.02. The minimum Gasteiger partial charge on any atom is -0.304 e. The fraction of sp³-hybridized carbons (Fsp3) is 0.364. The van der Waals surface area contributed by atoms with Crippen molar-refractivity contribution in [2.24, 2.45) is 0 Å². The molecule has 0 heterocycles. The molecule has 0 aliphatic heterocycles. The highest BCUT2D eigenvalue weighted by molar-refractivity contribution is 5.18. The first-order chi connectivity index (χ1) is 6.34. The van der Waals surface area contributed by atoms with Crippen LogP contribution in [0, 0.1) is 11.3 Å². The molecule has 2 heteroatoms. The Bertz CT molecular complexity index is 274. The maximum absolute atomic E-state index is 8.34. The number of hydrogen-bond donors (Lipinski definition) is 1. The topological polar surface area (TPSA) is 35.8 Å². The molecule has 0 fully saturated rings. The van der Waals surface area contributed by atoms with E-state index in [9.17, 15) is 0 Å². The maximum Gasteiger partial charge on any atom is 0.0841 e. The molecule has 0 spiro atoms. The SMILES string of the molecule is CC(CNCC#N)c1ccccc1. The van der Waals surface area contributed by atoms with Crippen LogP contribution in [-0.2, 0) is 0 Å². The van der Waals surface area contributed by atoms with Crippen LogP contribution < -0.4 is 5.32 Å². The van der Waals surface area contributed by atoms with Crippen molar-refractivity contribution in [3.05, 3.63) is 35.9 Å². The predicted molar refractivity (Wildman–Crippen MR) is 53.3 cm³/mol. The minimum atomic E-state index is 0.428. The van der Waals surface area contributed by atoms with Crippen molar-refractivity contribution < 1.29 is 0 Å². The first kappa shape index (κ1) is 9.76. The molecule has 0 amide bonds. The van der Waals surface area contributed by atoms with E-state index in [0.717, 1.165) is 6.54 Å². The van der Waals surface area contributed by atoms with E-state index in [1.807, 2.05) is 18.2 Å². The lowest BCUT2D eigenvalue weighted by molar-refractivity contribution is 0.654. The Kier molecular flexibility index (Phi) is 4.01. The number of benzene rings is 1. The molecule has 0 aliphatic carbocycles. The third kappa shape index (κ3) is 3.27. The second kappa shape index (κ2) is 5.34. The van der Waals surface area contributed by atoms with Gasteiger partial charge in [-0.2, -0.15) is 5.26 Å². The van der Waals surface area contributed by atoms with Crippen LogP contribution in [0.4, 0.5) is 0 Å². The molecule has 0 aromatic heterocycles. The summed E-state index contributed by atoms with van der Waals surface area (Å²) in [6.45, 7) is 3.44. The molecule has 0 aliphatic rings. The van der Waals surface area contributed by atoms with Crippen LogP contribution in [0.5, 0.6) is 0 Å². The molecular formula is C11H14N2. The van der Waals surface area contributed by atoms with Gasteiger partial charge >= 0.3 is 0 Å². The molecule has 0 bridgehead atoms. The molecule has 1 atom stereocenters. The van der Waals surface area contributed by atoms with Crippen LogP contribution in [0.15, 0.2) is 30.3 Å². The summed E-state index contributed by atoms with van der Waals surface area (Å²) in [4.78, 5) is 0. The van der Waals surface area contributed by atoms with Crippen molar-refractivity contribution in [3.63, 3.8) is 0 Å². The fourth-order valence-corrected chi connectivity index (χ4v) is 1.24. The van der Waals surface area contributed by atoms with Crippen molar-refractivity contribution >= 4 is 0 Å². The summed E-state index contributed by atoms with van der Waals surface area (Å²) in [5, 5.41) is 11.4.